The monoisotopic (exact) mass is 739 g/mol. The van der Waals surface area contributed by atoms with Crippen molar-refractivity contribution in [1.29, 1.82) is 5.26 Å². The van der Waals surface area contributed by atoms with Crippen LogP contribution in [0.3, 0.4) is 0 Å². The Morgan fingerprint density at radius 2 is 2.00 bits per heavy atom. The summed E-state index contributed by atoms with van der Waals surface area (Å²) in [4.78, 5) is 38.6. The molecule has 1 aliphatic carbocycles. The van der Waals surface area contributed by atoms with Crippen molar-refractivity contribution in [3.05, 3.63) is 81.5 Å². The van der Waals surface area contributed by atoms with E-state index >= 15 is 4.39 Å². The van der Waals surface area contributed by atoms with Gasteiger partial charge in [0.05, 0.1) is 46.5 Å². The first-order valence-corrected chi connectivity index (χ1v) is 18.2. The molecule has 2 bridgehead atoms. The lowest BCUT2D eigenvalue weighted by atomic mass is 9.79. The molecule has 0 spiro atoms. The molecule has 9 rings (SSSR count). The zero-order valence-corrected chi connectivity index (χ0v) is 30.4. The van der Waals surface area contributed by atoms with Gasteiger partial charge < -0.3 is 19.5 Å². The summed E-state index contributed by atoms with van der Waals surface area (Å²) in [6.07, 6.45) is 4.21. The van der Waals surface area contributed by atoms with Crippen molar-refractivity contribution in [1.82, 2.24) is 29.7 Å². The zero-order chi connectivity index (χ0) is 36.4. The maximum atomic E-state index is 17.5. The van der Waals surface area contributed by atoms with Crippen molar-refractivity contribution < 1.29 is 18.7 Å². The Balaban J connectivity index is 1.48. The topological polar surface area (TPSA) is 116 Å². The van der Waals surface area contributed by atoms with Gasteiger partial charge in [-0.15, -0.1) is 0 Å². The molecule has 4 aliphatic rings. The number of carbonyl (C=O) groups excluding carboxylic acids is 2. The molecule has 13 heteroatoms. The average Bonchev–Trinajstić information content (AvgIpc) is 3.96. The molecule has 6 heterocycles. The predicted octanol–water partition coefficient (Wildman–Crippen LogP) is 7.96. The van der Waals surface area contributed by atoms with Crippen LogP contribution in [-0.4, -0.2) is 76.7 Å². The Morgan fingerprint density at radius 3 is 2.67 bits per heavy atom. The van der Waals surface area contributed by atoms with E-state index in [-0.39, 0.29) is 63.7 Å². The number of likely N-dealkylation sites (tertiary alicyclic amines) is 1. The number of hydrogen-bond acceptors (Lipinski definition) is 7. The first-order valence-electron chi connectivity index (χ1n) is 17.4. The van der Waals surface area contributed by atoms with Gasteiger partial charge in [-0.1, -0.05) is 35.3 Å². The fraction of sp³-hybridized carbons (Fsp3) is 0.359. The van der Waals surface area contributed by atoms with Crippen molar-refractivity contribution in [3.8, 4) is 28.5 Å². The fourth-order valence-corrected chi connectivity index (χ4v) is 8.86. The molecule has 1 saturated carbocycles. The van der Waals surface area contributed by atoms with E-state index in [1.165, 1.54) is 12.0 Å². The Hall–Kier alpha value is -4.76. The van der Waals surface area contributed by atoms with Gasteiger partial charge in [-0.3, -0.25) is 14.7 Å². The number of carbonyl (C=O) groups is 2. The molecule has 3 saturated heterocycles. The van der Waals surface area contributed by atoms with Crippen LogP contribution < -0.4 is 5.32 Å². The zero-order valence-electron chi connectivity index (χ0n) is 28.9. The molecule has 3 aromatic heterocycles. The average molecular weight is 741 g/mol. The third kappa shape index (κ3) is 5.38. The largest absolute Gasteiger partial charge is 0.453 e. The number of ether oxygens (including phenoxy) is 1. The normalized spacial score (nSPS) is 20.7. The molecule has 2 amide bonds. The van der Waals surface area contributed by atoms with Gasteiger partial charge in [0.15, 0.2) is 5.82 Å². The number of aromatic nitrogens is 3. The molecule has 0 radical (unpaired) electrons. The molecule has 52 heavy (non-hydrogen) atoms. The third-order valence-corrected chi connectivity index (χ3v) is 11.7. The highest BCUT2D eigenvalue weighted by Gasteiger charge is 2.50. The quantitative estimate of drug-likeness (QED) is 0.180. The molecule has 4 fully saturated rings. The molecule has 5 aromatic rings. The number of amides is 2. The van der Waals surface area contributed by atoms with Crippen LogP contribution in [0.1, 0.15) is 59.5 Å². The number of nitrogens with one attached hydrogen (secondary N) is 1. The Kier molecular flexibility index (Phi) is 8.80. The molecule has 3 aliphatic heterocycles. The number of nitrogens with zero attached hydrogens (tertiary/aromatic N) is 6. The molecule has 266 valence electrons. The van der Waals surface area contributed by atoms with Gasteiger partial charge in [-0.05, 0) is 67.5 Å². The minimum absolute atomic E-state index is 0.0666. The van der Waals surface area contributed by atoms with Gasteiger partial charge >= 0.3 is 6.09 Å². The third-order valence-electron chi connectivity index (χ3n) is 10.9. The first-order chi connectivity index (χ1) is 25.1. The second-order valence-electron chi connectivity index (χ2n) is 14.0. The van der Waals surface area contributed by atoms with Crippen molar-refractivity contribution in [3.63, 3.8) is 0 Å². The smallest absolute Gasteiger partial charge is 0.410 e. The molecule has 1 N–H and O–H groups in total. The van der Waals surface area contributed by atoms with Crippen LogP contribution in [0.2, 0.25) is 10.0 Å². The van der Waals surface area contributed by atoms with Crippen LogP contribution in [0, 0.1) is 23.1 Å². The number of fused-ring (bicyclic) bond motifs is 4. The Morgan fingerprint density at radius 1 is 1.17 bits per heavy atom. The van der Waals surface area contributed by atoms with Crippen LogP contribution in [0.15, 0.2) is 48.7 Å². The van der Waals surface area contributed by atoms with Crippen LogP contribution in [0.5, 0.6) is 0 Å². The van der Waals surface area contributed by atoms with E-state index in [0.717, 1.165) is 42.4 Å². The van der Waals surface area contributed by atoms with E-state index in [2.05, 4.69) is 27.0 Å². The van der Waals surface area contributed by atoms with Crippen molar-refractivity contribution in [2.24, 2.45) is 5.92 Å². The highest BCUT2D eigenvalue weighted by atomic mass is 35.5. The van der Waals surface area contributed by atoms with E-state index in [4.69, 9.17) is 32.9 Å². The second-order valence-corrected chi connectivity index (χ2v) is 14.8. The highest BCUT2D eigenvalue weighted by molar-refractivity contribution is 6.43. The van der Waals surface area contributed by atoms with E-state index < -0.39 is 11.9 Å². The first kappa shape index (κ1) is 34.3. The van der Waals surface area contributed by atoms with E-state index in [1.807, 2.05) is 6.07 Å². The van der Waals surface area contributed by atoms with Gasteiger partial charge in [0.25, 0.3) is 5.91 Å². The number of pyridine rings is 2. The summed E-state index contributed by atoms with van der Waals surface area (Å²) in [5, 5.41) is 15.1. The number of methoxy groups -OCH3 is 1. The summed E-state index contributed by atoms with van der Waals surface area (Å²) in [5.74, 6) is -0.469. The molecule has 2 aromatic carbocycles. The van der Waals surface area contributed by atoms with Gasteiger partial charge in [0.1, 0.15) is 11.2 Å². The predicted molar refractivity (Wildman–Crippen MR) is 198 cm³/mol. The maximum Gasteiger partial charge on any atom is 0.410 e. The van der Waals surface area contributed by atoms with Crippen LogP contribution >= 0.6 is 23.2 Å². The molecule has 4 atom stereocenters. The van der Waals surface area contributed by atoms with E-state index in [1.54, 1.807) is 55.5 Å². The molecular weight excluding hydrogens is 704 g/mol. The lowest BCUT2D eigenvalue weighted by Gasteiger charge is -2.39. The Labute approximate surface area is 310 Å². The van der Waals surface area contributed by atoms with Crippen LogP contribution in [0.25, 0.3) is 44.2 Å². The number of hydrogen-bond donors (Lipinski definition) is 1. The minimum Gasteiger partial charge on any atom is -0.453 e. The number of nitriles is 1. The van der Waals surface area contributed by atoms with Gasteiger partial charge in [-0.2, -0.15) is 5.26 Å². The fourth-order valence-electron chi connectivity index (χ4n) is 8.47. The van der Waals surface area contributed by atoms with Crippen LogP contribution in [0.4, 0.5) is 9.18 Å². The summed E-state index contributed by atoms with van der Waals surface area (Å²) in [5.41, 5.74) is 4.50. The lowest BCUT2D eigenvalue weighted by molar-refractivity contribution is 0.0822. The summed E-state index contributed by atoms with van der Waals surface area (Å²) in [7, 11) is 4.72. The summed E-state index contributed by atoms with van der Waals surface area (Å²) >= 11 is 13.2. The summed E-state index contributed by atoms with van der Waals surface area (Å²) < 4.78 is 25.1. The maximum absolute atomic E-state index is 17.5. The van der Waals surface area contributed by atoms with Crippen molar-refractivity contribution in [2.75, 3.05) is 34.3 Å². The highest BCUT2D eigenvalue weighted by Crippen LogP contribution is 2.51. The lowest BCUT2D eigenvalue weighted by Crippen LogP contribution is -2.41. The SMILES string of the molecule is COC(=O)N1CCC[C@@H]1c1cc2c(-c3ccc(C(=O)N(C)C)nc3)nc3c(F)c(-c4cccc(Cl)c4Cl)c(CCC#N)cc3c2n1[C@H]1[C@H]2CN[C@@H]1C2. The number of benzene rings is 2. The van der Waals surface area contributed by atoms with Crippen molar-refractivity contribution in [2.45, 2.75) is 50.2 Å². The summed E-state index contributed by atoms with van der Waals surface area (Å²) in [6.45, 7) is 1.42. The van der Waals surface area contributed by atoms with Gasteiger partial charge in [-0.25, -0.2) is 14.2 Å². The van der Waals surface area contributed by atoms with Gasteiger partial charge in [0.2, 0.25) is 0 Å². The standard InChI is InChI=1S/C39H36Cl2FN7O3/c1-47(2)38(50)27-12-11-21(18-44-27)34-25-17-30(29-10-6-14-48(29)39(51)52-3)49(36-22-16-28(36)45-19-22)37(25)24-15-20(7-5-13-43)31(33(42)35(24)46-34)23-8-4-9-26(40)32(23)41/h4,8-9,11-12,15,17-18,22,28-29,36,45H,5-7,10,14,16,19H2,1-3H3/t22-,28-,29-,36+/m1/s1. The number of rotatable bonds is 7. The van der Waals surface area contributed by atoms with E-state index in [0.29, 0.717) is 40.2 Å². The molecule has 10 nitrogen and oxygen atoms in total. The van der Waals surface area contributed by atoms with E-state index in [9.17, 15) is 14.9 Å². The minimum atomic E-state index is -0.578. The number of aryl methyl sites for hydroxylation is 1. The van der Waals surface area contributed by atoms with Crippen molar-refractivity contribution >= 4 is 57.0 Å². The molecular formula is C39H36Cl2FN7O3. The van der Waals surface area contributed by atoms with Gasteiger partial charge in [0, 0.05) is 79.0 Å². The Bertz CT molecular complexity index is 2310. The molecule has 0 unspecified atom stereocenters. The number of halogens is 3. The summed E-state index contributed by atoms with van der Waals surface area (Å²) in [6, 6.07) is 14.8. The second kappa shape index (κ2) is 13.3. The van der Waals surface area contributed by atoms with Crippen LogP contribution in [-0.2, 0) is 11.2 Å².